The van der Waals surface area contributed by atoms with Crippen LogP contribution in [-0.4, -0.2) is 71.5 Å². The van der Waals surface area contributed by atoms with E-state index < -0.39 is 5.60 Å². The number of rotatable bonds is 3. The second-order valence-corrected chi connectivity index (χ2v) is 9.98. The van der Waals surface area contributed by atoms with Crippen molar-refractivity contribution in [2.24, 2.45) is 0 Å². The van der Waals surface area contributed by atoms with Crippen LogP contribution in [0.15, 0.2) is 48.7 Å². The molecule has 2 fully saturated rings. The van der Waals surface area contributed by atoms with Crippen LogP contribution in [0.3, 0.4) is 0 Å². The lowest BCUT2D eigenvalue weighted by Crippen LogP contribution is -2.45. The summed E-state index contributed by atoms with van der Waals surface area (Å²) in [6.07, 6.45) is 2.85. The third-order valence-electron chi connectivity index (χ3n) is 7.53. The molecule has 3 aliphatic rings. The number of hydrogen-bond donors (Lipinski definition) is 0. The van der Waals surface area contributed by atoms with Crippen LogP contribution in [0.25, 0.3) is 10.9 Å². The molecule has 0 unspecified atom stereocenters. The van der Waals surface area contributed by atoms with Crippen molar-refractivity contribution in [2.45, 2.75) is 25.0 Å². The van der Waals surface area contributed by atoms with E-state index in [1.165, 1.54) is 0 Å². The van der Waals surface area contributed by atoms with Crippen LogP contribution in [-0.2, 0) is 26.4 Å². The van der Waals surface area contributed by atoms with E-state index in [1.807, 2.05) is 28.8 Å². The molecule has 4 heterocycles. The van der Waals surface area contributed by atoms with Gasteiger partial charge in [0.25, 0.3) is 5.91 Å². The molecule has 0 bridgehead atoms. The fourth-order valence-corrected chi connectivity index (χ4v) is 5.75. The molecular formula is C27H26ClN3O5. The average Bonchev–Trinajstić information content (AvgIpc) is 3.39. The third kappa shape index (κ3) is 3.85. The topological polar surface area (TPSA) is 81.1 Å². The number of halogens is 1. The average molecular weight is 508 g/mol. The molecule has 0 atom stereocenters. The quantitative estimate of drug-likeness (QED) is 0.507. The number of likely N-dealkylation sites (tertiary alicyclic amines) is 1. The summed E-state index contributed by atoms with van der Waals surface area (Å²) in [5, 5.41) is 1.30. The molecule has 0 radical (unpaired) electrons. The maximum Gasteiger partial charge on any atom is 0.339 e. The SMILES string of the molecule is O=C1OC2(CCN(C(=O)c3cn(CC(=O)N4CCOCC4)c4cc(Cl)ccc34)CC2)c2ccccc21. The van der Waals surface area contributed by atoms with Gasteiger partial charge in [0.15, 0.2) is 0 Å². The Morgan fingerprint density at radius 3 is 2.50 bits per heavy atom. The molecule has 36 heavy (non-hydrogen) atoms. The number of hydrogen-bond acceptors (Lipinski definition) is 5. The van der Waals surface area contributed by atoms with E-state index in [-0.39, 0.29) is 24.3 Å². The zero-order valence-electron chi connectivity index (χ0n) is 19.7. The highest BCUT2D eigenvalue weighted by atomic mass is 35.5. The van der Waals surface area contributed by atoms with Gasteiger partial charge in [-0.2, -0.15) is 0 Å². The largest absolute Gasteiger partial charge is 0.450 e. The summed E-state index contributed by atoms with van der Waals surface area (Å²) in [7, 11) is 0. The first kappa shape index (κ1) is 23.1. The lowest BCUT2D eigenvalue weighted by Gasteiger charge is -2.38. The van der Waals surface area contributed by atoms with Gasteiger partial charge in [0.2, 0.25) is 5.91 Å². The van der Waals surface area contributed by atoms with Crippen LogP contribution in [0.1, 0.15) is 39.1 Å². The molecule has 9 heteroatoms. The zero-order valence-corrected chi connectivity index (χ0v) is 20.5. The van der Waals surface area contributed by atoms with Gasteiger partial charge in [-0.05, 0) is 18.2 Å². The molecule has 6 rings (SSSR count). The van der Waals surface area contributed by atoms with Crippen LogP contribution in [0, 0.1) is 0 Å². The molecule has 186 valence electrons. The standard InChI is InChI=1S/C27H26ClN3O5/c28-18-5-6-19-21(16-31(23(19)15-18)17-24(32)29-11-13-35-14-12-29)25(33)30-9-7-27(8-10-30)22-4-2-1-3-20(22)26(34)36-27/h1-6,15-16H,7-14,17H2. The normalized spacial score (nSPS) is 19.0. The van der Waals surface area contributed by atoms with E-state index in [2.05, 4.69) is 0 Å². The number of nitrogens with zero attached hydrogens (tertiary/aromatic N) is 3. The molecule has 3 aromatic rings. The van der Waals surface area contributed by atoms with E-state index in [0.29, 0.717) is 68.4 Å². The van der Waals surface area contributed by atoms with E-state index in [0.717, 1.165) is 16.5 Å². The van der Waals surface area contributed by atoms with Gasteiger partial charge in [-0.25, -0.2) is 4.79 Å². The number of aromatic nitrogens is 1. The fourth-order valence-electron chi connectivity index (χ4n) is 5.58. The summed E-state index contributed by atoms with van der Waals surface area (Å²) in [6, 6.07) is 12.9. The van der Waals surface area contributed by atoms with Crippen molar-refractivity contribution in [1.29, 1.82) is 0 Å². The molecule has 2 aromatic carbocycles. The summed E-state index contributed by atoms with van der Waals surface area (Å²) in [4.78, 5) is 42.6. The second-order valence-electron chi connectivity index (χ2n) is 9.55. The van der Waals surface area contributed by atoms with E-state index in [9.17, 15) is 14.4 Å². The molecule has 1 spiro atoms. The number of amides is 2. The Kier molecular flexibility index (Phi) is 5.73. The van der Waals surface area contributed by atoms with Gasteiger partial charge in [-0.1, -0.05) is 35.9 Å². The van der Waals surface area contributed by atoms with Gasteiger partial charge < -0.3 is 23.8 Å². The smallest absolute Gasteiger partial charge is 0.339 e. The van der Waals surface area contributed by atoms with Crippen molar-refractivity contribution in [1.82, 2.24) is 14.4 Å². The van der Waals surface area contributed by atoms with Crippen molar-refractivity contribution in [3.05, 3.63) is 70.4 Å². The van der Waals surface area contributed by atoms with E-state index in [4.69, 9.17) is 21.1 Å². The van der Waals surface area contributed by atoms with Crippen molar-refractivity contribution in [3.8, 4) is 0 Å². The van der Waals surface area contributed by atoms with Gasteiger partial charge in [0, 0.05) is 61.2 Å². The Morgan fingerprint density at radius 2 is 1.72 bits per heavy atom. The Morgan fingerprint density at radius 1 is 0.972 bits per heavy atom. The van der Waals surface area contributed by atoms with Crippen molar-refractivity contribution < 1.29 is 23.9 Å². The summed E-state index contributed by atoms with van der Waals surface area (Å²) in [6.45, 7) is 3.25. The highest BCUT2D eigenvalue weighted by molar-refractivity contribution is 6.31. The molecular weight excluding hydrogens is 482 g/mol. The number of morpholine rings is 1. The van der Waals surface area contributed by atoms with Gasteiger partial charge in [-0.3, -0.25) is 9.59 Å². The lowest BCUT2D eigenvalue weighted by molar-refractivity contribution is -0.135. The Balaban J connectivity index is 1.24. The minimum Gasteiger partial charge on any atom is -0.450 e. The van der Waals surface area contributed by atoms with Gasteiger partial charge >= 0.3 is 5.97 Å². The number of ether oxygens (including phenoxy) is 2. The molecule has 1 aromatic heterocycles. The molecule has 0 saturated carbocycles. The van der Waals surface area contributed by atoms with Gasteiger partial charge in [0.1, 0.15) is 12.1 Å². The van der Waals surface area contributed by atoms with Crippen LogP contribution >= 0.6 is 11.6 Å². The van der Waals surface area contributed by atoms with Crippen molar-refractivity contribution in [3.63, 3.8) is 0 Å². The van der Waals surface area contributed by atoms with Crippen LogP contribution in [0.4, 0.5) is 0 Å². The minimum atomic E-state index is -0.670. The molecule has 3 aliphatic heterocycles. The lowest BCUT2D eigenvalue weighted by atomic mass is 9.83. The van der Waals surface area contributed by atoms with Crippen LogP contribution in [0.5, 0.6) is 0 Å². The predicted octanol–water partition coefficient (Wildman–Crippen LogP) is 3.46. The predicted molar refractivity (Wildman–Crippen MR) is 133 cm³/mol. The van der Waals surface area contributed by atoms with Gasteiger partial charge in [0.05, 0.1) is 29.9 Å². The molecule has 2 saturated heterocycles. The Hall–Kier alpha value is -3.36. The monoisotopic (exact) mass is 507 g/mol. The van der Waals surface area contributed by atoms with E-state index >= 15 is 0 Å². The fraction of sp³-hybridized carbons (Fsp3) is 0.370. The maximum absolute atomic E-state index is 13.7. The number of benzene rings is 2. The Labute approximate surface area is 213 Å². The van der Waals surface area contributed by atoms with Crippen LogP contribution in [0.2, 0.25) is 5.02 Å². The first-order valence-electron chi connectivity index (χ1n) is 12.2. The highest BCUT2D eigenvalue weighted by Crippen LogP contribution is 2.44. The first-order valence-corrected chi connectivity index (χ1v) is 12.6. The molecule has 0 N–H and O–H groups in total. The van der Waals surface area contributed by atoms with E-state index in [1.54, 1.807) is 34.2 Å². The molecule has 0 aliphatic carbocycles. The number of carbonyl (C=O) groups is 3. The highest BCUT2D eigenvalue weighted by Gasteiger charge is 2.47. The van der Waals surface area contributed by atoms with Gasteiger partial charge in [-0.15, -0.1) is 0 Å². The zero-order chi connectivity index (χ0) is 24.9. The summed E-state index contributed by atoms with van der Waals surface area (Å²) < 4.78 is 13.0. The van der Waals surface area contributed by atoms with Crippen molar-refractivity contribution >= 4 is 40.3 Å². The summed E-state index contributed by atoms with van der Waals surface area (Å²) in [5.41, 5.74) is 2.14. The minimum absolute atomic E-state index is 0.0178. The van der Waals surface area contributed by atoms with Crippen LogP contribution < -0.4 is 0 Å². The number of esters is 1. The Bertz CT molecular complexity index is 1370. The maximum atomic E-state index is 13.7. The number of carbonyl (C=O) groups excluding carboxylic acids is 3. The second kappa shape index (κ2) is 8.94. The number of piperidine rings is 1. The summed E-state index contributed by atoms with van der Waals surface area (Å²) >= 11 is 6.27. The molecule has 2 amide bonds. The van der Waals surface area contributed by atoms with Crippen molar-refractivity contribution in [2.75, 3.05) is 39.4 Å². The third-order valence-corrected chi connectivity index (χ3v) is 7.76. The first-order chi connectivity index (χ1) is 17.4. The number of fused-ring (bicyclic) bond motifs is 3. The summed E-state index contributed by atoms with van der Waals surface area (Å²) in [5.74, 6) is -0.418. The molecule has 8 nitrogen and oxygen atoms in total.